The first-order valence-electron chi connectivity index (χ1n) is 5.79. The van der Waals surface area contributed by atoms with Crippen LogP contribution in [0, 0.1) is 0 Å². The molecule has 1 aliphatic carbocycles. The van der Waals surface area contributed by atoms with E-state index in [1.165, 1.54) is 30.6 Å². The summed E-state index contributed by atoms with van der Waals surface area (Å²) in [6.07, 6.45) is 5.91. The molecule has 0 saturated carbocycles. The van der Waals surface area contributed by atoms with Gasteiger partial charge in [0.05, 0.1) is 12.4 Å². The van der Waals surface area contributed by atoms with Crippen LogP contribution in [-0.4, -0.2) is 6.61 Å². The van der Waals surface area contributed by atoms with E-state index in [1.807, 2.05) is 0 Å². The Morgan fingerprint density at radius 2 is 2.07 bits per heavy atom. The first-order chi connectivity index (χ1) is 7.42. The smallest absolute Gasteiger partial charge is 0.0994 e. The van der Waals surface area contributed by atoms with Gasteiger partial charge in [-0.2, -0.15) is 0 Å². The Hall–Kier alpha value is -1.24. The zero-order valence-corrected chi connectivity index (χ0v) is 9.28. The molecule has 15 heavy (non-hydrogen) atoms. The molecular formula is C14H18O. The van der Waals surface area contributed by atoms with Gasteiger partial charge in [-0.1, -0.05) is 30.3 Å². The Labute approximate surface area is 91.8 Å². The summed E-state index contributed by atoms with van der Waals surface area (Å²) < 4.78 is 5.71. The van der Waals surface area contributed by atoms with Crippen molar-refractivity contribution in [2.24, 2.45) is 0 Å². The van der Waals surface area contributed by atoms with Gasteiger partial charge in [-0.25, -0.2) is 0 Å². The van der Waals surface area contributed by atoms with Gasteiger partial charge in [-0.3, -0.25) is 0 Å². The third kappa shape index (κ3) is 2.41. The Balaban J connectivity index is 2.20. The highest BCUT2D eigenvalue weighted by molar-refractivity contribution is 5.27. The van der Waals surface area contributed by atoms with Crippen LogP contribution in [0.4, 0.5) is 0 Å². The lowest BCUT2D eigenvalue weighted by atomic mass is 9.87. The minimum atomic E-state index is 0.486. The van der Waals surface area contributed by atoms with Gasteiger partial charge in [0.2, 0.25) is 0 Å². The maximum Gasteiger partial charge on any atom is 0.0994 e. The highest BCUT2D eigenvalue weighted by atomic mass is 16.5. The second-order valence-corrected chi connectivity index (χ2v) is 3.93. The summed E-state index contributed by atoms with van der Waals surface area (Å²) in [5.74, 6) is 1.66. The molecule has 0 fully saturated rings. The second kappa shape index (κ2) is 5.01. The summed E-state index contributed by atoms with van der Waals surface area (Å²) in [6.45, 7) is 2.83. The lowest BCUT2D eigenvalue weighted by Crippen LogP contribution is -2.09. The molecule has 0 amide bonds. The molecular weight excluding hydrogens is 184 g/mol. The highest BCUT2D eigenvalue weighted by Crippen LogP contribution is 2.34. The Kier molecular flexibility index (Phi) is 3.44. The van der Waals surface area contributed by atoms with Crippen molar-refractivity contribution in [3.63, 3.8) is 0 Å². The van der Waals surface area contributed by atoms with Crippen LogP contribution < -0.4 is 0 Å². The molecule has 1 unspecified atom stereocenters. The first kappa shape index (κ1) is 10.3. The van der Waals surface area contributed by atoms with Gasteiger partial charge in [0, 0.05) is 5.92 Å². The Bertz CT molecular complexity index is 326. The average molecular weight is 202 g/mol. The molecule has 0 spiro atoms. The van der Waals surface area contributed by atoms with Crippen LogP contribution in [0.2, 0.25) is 0 Å². The number of benzene rings is 1. The number of allylic oxidation sites excluding steroid dienone is 2. The van der Waals surface area contributed by atoms with E-state index in [-0.39, 0.29) is 0 Å². The van der Waals surface area contributed by atoms with Crippen LogP contribution in [0.25, 0.3) is 0 Å². The van der Waals surface area contributed by atoms with Crippen LogP contribution in [0.15, 0.2) is 42.2 Å². The SMILES string of the molecule is CCOC1=CCCCC1c1ccccc1. The predicted molar refractivity (Wildman–Crippen MR) is 62.7 cm³/mol. The molecule has 0 heterocycles. The Morgan fingerprint density at radius 3 is 2.80 bits per heavy atom. The zero-order chi connectivity index (χ0) is 10.5. The van der Waals surface area contributed by atoms with Crippen molar-refractivity contribution in [3.8, 4) is 0 Å². The molecule has 1 nitrogen and oxygen atoms in total. The molecule has 80 valence electrons. The number of ether oxygens (including phenoxy) is 1. The van der Waals surface area contributed by atoms with Crippen LogP contribution in [0.5, 0.6) is 0 Å². The van der Waals surface area contributed by atoms with E-state index in [1.54, 1.807) is 0 Å². The summed E-state index contributed by atoms with van der Waals surface area (Å²) in [6, 6.07) is 10.7. The number of rotatable bonds is 3. The van der Waals surface area contributed by atoms with E-state index >= 15 is 0 Å². The molecule has 0 N–H and O–H groups in total. The quantitative estimate of drug-likeness (QED) is 0.723. The van der Waals surface area contributed by atoms with E-state index in [9.17, 15) is 0 Å². The second-order valence-electron chi connectivity index (χ2n) is 3.93. The number of hydrogen-bond donors (Lipinski definition) is 0. The van der Waals surface area contributed by atoms with Crippen molar-refractivity contribution in [1.82, 2.24) is 0 Å². The van der Waals surface area contributed by atoms with Gasteiger partial charge < -0.3 is 4.74 Å². The fraction of sp³-hybridized carbons (Fsp3) is 0.429. The first-order valence-corrected chi connectivity index (χ1v) is 5.79. The van der Waals surface area contributed by atoms with Gasteiger partial charge in [-0.15, -0.1) is 0 Å². The minimum absolute atomic E-state index is 0.486. The molecule has 0 radical (unpaired) electrons. The van der Waals surface area contributed by atoms with E-state index in [0.717, 1.165) is 6.61 Å². The van der Waals surface area contributed by atoms with Gasteiger partial charge in [0.25, 0.3) is 0 Å². The molecule has 2 rings (SSSR count). The topological polar surface area (TPSA) is 9.23 Å². The van der Waals surface area contributed by atoms with E-state index in [0.29, 0.717) is 5.92 Å². The molecule has 1 aromatic rings. The van der Waals surface area contributed by atoms with Crippen molar-refractivity contribution in [2.45, 2.75) is 32.1 Å². The molecule has 1 heteroatoms. The number of hydrogen-bond acceptors (Lipinski definition) is 1. The summed E-state index contributed by atoms with van der Waals surface area (Å²) in [7, 11) is 0. The van der Waals surface area contributed by atoms with Gasteiger partial charge in [-0.05, 0) is 37.8 Å². The molecule has 0 aromatic heterocycles. The Morgan fingerprint density at radius 1 is 1.27 bits per heavy atom. The summed E-state index contributed by atoms with van der Waals surface area (Å²) in [4.78, 5) is 0. The third-order valence-corrected chi connectivity index (χ3v) is 2.90. The lowest BCUT2D eigenvalue weighted by Gasteiger charge is -2.24. The molecule has 0 saturated heterocycles. The maximum atomic E-state index is 5.71. The largest absolute Gasteiger partial charge is 0.498 e. The van der Waals surface area contributed by atoms with Crippen LogP contribution in [0.3, 0.4) is 0 Å². The van der Waals surface area contributed by atoms with E-state index in [2.05, 4.69) is 43.3 Å². The van der Waals surface area contributed by atoms with E-state index < -0.39 is 0 Å². The van der Waals surface area contributed by atoms with Crippen molar-refractivity contribution >= 4 is 0 Å². The van der Waals surface area contributed by atoms with Crippen molar-refractivity contribution < 1.29 is 4.74 Å². The van der Waals surface area contributed by atoms with Crippen LogP contribution in [-0.2, 0) is 4.74 Å². The summed E-state index contributed by atoms with van der Waals surface area (Å²) in [5.41, 5.74) is 1.39. The van der Waals surface area contributed by atoms with Crippen LogP contribution >= 0.6 is 0 Å². The molecule has 0 aliphatic heterocycles. The van der Waals surface area contributed by atoms with Crippen molar-refractivity contribution in [2.75, 3.05) is 6.61 Å². The average Bonchev–Trinajstić information content (AvgIpc) is 2.31. The monoisotopic (exact) mass is 202 g/mol. The lowest BCUT2D eigenvalue weighted by molar-refractivity contribution is 0.198. The minimum Gasteiger partial charge on any atom is -0.498 e. The maximum absolute atomic E-state index is 5.71. The van der Waals surface area contributed by atoms with Crippen molar-refractivity contribution in [1.29, 1.82) is 0 Å². The normalized spacial score (nSPS) is 20.9. The molecule has 1 aliphatic rings. The van der Waals surface area contributed by atoms with Crippen LogP contribution in [0.1, 0.15) is 37.7 Å². The molecule has 1 atom stereocenters. The fourth-order valence-corrected chi connectivity index (χ4v) is 2.19. The third-order valence-electron chi connectivity index (χ3n) is 2.90. The molecule has 0 bridgehead atoms. The van der Waals surface area contributed by atoms with Gasteiger partial charge in [0.1, 0.15) is 0 Å². The van der Waals surface area contributed by atoms with E-state index in [4.69, 9.17) is 4.74 Å². The fourth-order valence-electron chi connectivity index (χ4n) is 2.19. The molecule has 1 aromatic carbocycles. The summed E-state index contributed by atoms with van der Waals surface area (Å²) in [5, 5.41) is 0. The zero-order valence-electron chi connectivity index (χ0n) is 9.28. The highest BCUT2D eigenvalue weighted by Gasteiger charge is 2.20. The van der Waals surface area contributed by atoms with Crippen molar-refractivity contribution in [3.05, 3.63) is 47.7 Å². The summed E-state index contributed by atoms with van der Waals surface area (Å²) >= 11 is 0. The standard InChI is InChI=1S/C14H18O/c1-2-15-14-11-7-6-10-13(14)12-8-4-3-5-9-12/h3-5,8-9,11,13H,2,6-7,10H2,1H3. The predicted octanol–water partition coefficient (Wildman–Crippen LogP) is 3.87. The van der Waals surface area contributed by atoms with Gasteiger partial charge >= 0.3 is 0 Å². The van der Waals surface area contributed by atoms with Gasteiger partial charge in [0.15, 0.2) is 0 Å².